The first-order chi connectivity index (χ1) is 11.1. The van der Waals surface area contributed by atoms with Crippen LogP contribution in [-0.2, 0) is 17.8 Å². The van der Waals surface area contributed by atoms with Crippen LogP contribution in [0.5, 0.6) is 5.75 Å². The van der Waals surface area contributed by atoms with Crippen molar-refractivity contribution in [2.24, 2.45) is 0 Å². The maximum Gasteiger partial charge on any atom is 0.227 e. The van der Waals surface area contributed by atoms with E-state index in [2.05, 4.69) is 0 Å². The van der Waals surface area contributed by atoms with Gasteiger partial charge in [-0.3, -0.25) is 4.79 Å². The number of aliphatic hydroxyl groups excluding tert-OH is 1. The van der Waals surface area contributed by atoms with Crippen molar-refractivity contribution >= 4 is 5.91 Å². The minimum Gasteiger partial charge on any atom is -0.508 e. The number of phenols is 1. The number of benzene rings is 2. The van der Waals surface area contributed by atoms with Gasteiger partial charge in [-0.15, -0.1) is 0 Å². The summed E-state index contributed by atoms with van der Waals surface area (Å²) >= 11 is 0. The zero-order valence-corrected chi connectivity index (χ0v) is 13.4. The van der Waals surface area contributed by atoms with Gasteiger partial charge < -0.3 is 15.1 Å². The number of amides is 1. The average Bonchev–Trinajstić information content (AvgIpc) is 2.55. The molecule has 2 aromatic carbocycles. The number of carbonyl (C=O) groups excluding carboxylic acids is 1. The van der Waals surface area contributed by atoms with Crippen molar-refractivity contribution in [1.29, 1.82) is 0 Å². The van der Waals surface area contributed by atoms with Gasteiger partial charge in [0.1, 0.15) is 5.75 Å². The molecule has 1 unspecified atom stereocenters. The number of aliphatic hydroxyl groups is 1. The highest BCUT2D eigenvalue weighted by atomic mass is 16.3. The first kappa shape index (κ1) is 17.0. The third-order valence-corrected chi connectivity index (χ3v) is 3.74. The van der Waals surface area contributed by atoms with Crippen LogP contribution in [0.25, 0.3) is 0 Å². The van der Waals surface area contributed by atoms with Gasteiger partial charge in [0.05, 0.1) is 12.5 Å². The summed E-state index contributed by atoms with van der Waals surface area (Å²) in [6.07, 6.45) is 0.273. The molecule has 0 aliphatic heterocycles. The first-order valence-electron chi connectivity index (χ1n) is 7.86. The van der Waals surface area contributed by atoms with E-state index in [0.29, 0.717) is 19.5 Å². The molecule has 0 fully saturated rings. The van der Waals surface area contributed by atoms with Gasteiger partial charge in [0, 0.05) is 13.1 Å². The maximum atomic E-state index is 12.6. The topological polar surface area (TPSA) is 60.8 Å². The van der Waals surface area contributed by atoms with Gasteiger partial charge in [-0.05, 0) is 29.7 Å². The van der Waals surface area contributed by atoms with Crippen LogP contribution in [0, 0.1) is 0 Å². The summed E-state index contributed by atoms with van der Waals surface area (Å²) in [5.74, 6) is 0.0884. The molecule has 0 radical (unpaired) electrons. The molecule has 122 valence electrons. The summed E-state index contributed by atoms with van der Waals surface area (Å²) in [5, 5.41) is 19.4. The highest BCUT2D eigenvalue weighted by Crippen LogP contribution is 2.14. The molecule has 2 rings (SSSR count). The van der Waals surface area contributed by atoms with Crippen LogP contribution in [0.15, 0.2) is 54.6 Å². The maximum absolute atomic E-state index is 12.6. The van der Waals surface area contributed by atoms with E-state index >= 15 is 0 Å². The Balaban J connectivity index is 2.10. The zero-order chi connectivity index (χ0) is 16.7. The summed E-state index contributed by atoms with van der Waals surface area (Å²) < 4.78 is 0. The lowest BCUT2D eigenvalue weighted by molar-refractivity contribution is -0.132. The van der Waals surface area contributed by atoms with E-state index in [1.54, 1.807) is 23.1 Å². The number of phenolic OH excluding ortho intramolecular Hbond substituents is 1. The van der Waals surface area contributed by atoms with Gasteiger partial charge in [-0.1, -0.05) is 49.4 Å². The van der Waals surface area contributed by atoms with Gasteiger partial charge in [-0.2, -0.15) is 0 Å². The lowest BCUT2D eigenvalue weighted by Gasteiger charge is -2.25. The number of carbonyl (C=O) groups is 1. The van der Waals surface area contributed by atoms with Crippen molar-refractivity contribution in [1.82, 2.24) is 4.90 Å². The largest absolute Gasteiger partial charge is 0.508 e. The lowest BCUT2D eigenvalue weighted by atomic mass is 10.1. The highest BCUT2D eigenvalue weighted by Gasteiger charge is 2.17. The molecule has 4 nitrogen and oxygen atoms in total. The third-order valence-electron chi connectivity index (χ3n) is 3.74. The molecule has 0 saturated heterocycles. The molecule has 23 heavy (non-hydrogen) atoms. The summed E-state index contributed by atoms with van der Waals surface area (Å²) in [5.41, 5.74) is 1.79. The minimum absolute atomic E-state index is 0.0630. The lowest BCUT2D eigenvalue weighted by Crippen LogP contribution is -2.37. The predicted octanol–water partition coefficient (Wildman–Crippen LogP) is 2.73. The smallest absolute Gasteiger partial charge is 0.227 e. The minimum atomic E-state index is -0.535. The molecule has 4 heteroatoms. The molecule has 0 aliphatic rings. The van der Waals surface area contributed by atoms with Crippen molar-refractivity contribution in [3.8, 4) is 5.75 Å². The first-order valence-corrected chi connectivity index (χ1v) is 7.86. The van der Waals surface area contributed by atoms with Crippen molar-refractivity contribution in [3.63, 3.8) is 0 Å². The van der Waals surface area contributed by atoms with Crippen LogP contribution in [0.3, 0.4) is 0 Å². The van der Waals surface area contributed by atoms with Gasteiger partial charge in [0.25, 0.3) is 0 Å². The average molecular weight is 313 g/mol. The van der Waals surface area contributed by atoms with Crippen LogP contribution < -0.4 is 0 Å². The number of hydrogen-bond donors (Lipinski definition) is 2. The molecular formula is C19H23NO3. The van der Waals surface area contributed by atoms with Crippen LogP contribution in [0.4, 0.5) is 0 Å². The highest BCUT2D eigenvalue weighted by molar-refractivity contribution is 5.79. The van der Waals surface area contributed by atoms with Crippen LogP contribution >= 0.6 is 0 Å². The summed E-state index contributed by atoms with van der Waals surface area (Å²) in [7, 11) is 0. The van der Waals surface area contributed by atoms with E-state index in [9.17, 15) is 15.0 Å². The number of rotatable bonds is 7. The van der Waals surface area contributed by atoms with Gasteiger partial charge in [-0.25, -0.2) is 0 Å². The standard InChI is InChI=1S/C19H23NO3/c1-2-17(21)14-20(13-15-7-4-3-5-8-15)19(23)12-16-9-6-10-18(22)11-16/h3-11,17,21-22H,2,12-14H2,1H3. The van der Waals surface area contributed by atoms with Gasteiger partial charge in [0.15, 0.2) is 0 Å². The van der Waals surface area contributed by atoms with E-state index in [1.807, 2.05) is 43.3 Å². The van der Waals surface area contributed by atoms with E-state index in [1.165, 1.54) is 0 Å². The molecule has 1 atom stereocenters. The molecule has 0 spiro atoms. The summed E-state index contributed by atoms with van der Waals surface area (Å²) in [6.45, 7) is 2.67. The Morgan fingerprint density at radius 1 is 1.09 bits per heavy atom. The fourth-order valence-electron chi connectivity index (χ4n) is 2.39. The second-order valence-corrected chi connectivity index (χ2v) is 5.67. The molecule has 2 aromatic rings. The van der Waals surface area contributed by atoms with E-state index in [0.717, 1.165) is 11.1 Å². The molecule has 0 saturated carbocycles. The molecule has 0 aliphatic carbocycles. The molecule has 0 bridgehead atoms. The number of hydrogen-bond acceptors (Lipinski definition) is 3. The van der Waals surface area contributed by atoms with Crippen molar-refractivity contribution in [3.05, 3.63) is 65.7 Å². The fourth-order valence-corrected chi connectivity index (χ4v) is 2.39. The normalized spacial score (nSPS) is 11.9. The molecule has 2 N–H and O–H groups in total. The molecular weight excluding hydrogens is 290 g/mol. The second-order valence-electron chi connectivity index (χ2n) is 5.67. The summed E-state index contributed by atoms with van der Waals surface area (Å²) in [4.78, 5) is 14.3. The molecule has 1 amide bonds. The third kappa shape index (κ3) is 5.42. The Kier molecular flexibility index (Phi) is 6.18. The second kappa shape index (κ2) is 8.34. The van der Waals surface area contributed by atoms with Crippen LogP contribution in [-0.4, -0.2) is 33.7 Å². The zero-order valence-electron chi connectivity index (χ0n) is 13.4. The number of aromatic hydroxyl groups is 1. The van der Waals surface area contributed by atoms with Crippen molar-refractivity contribution < 1.29 is 15.0 Å². The van der Waals surface area contributed by atoms with E-state index in [4.69, 9.17) is 0 Å². The molecule has 0 aromatic heterocycles. The monoisotopic (exact) mass is 313 g/mol. The number of nitrogens with zero attached hydrogens (tertiary/aromatic N) is 1. The van der Waals surface area contributed by atoms with Crippen LogP contribution in [0.2, 0.25) is 0 Å². The Morgan fingerprint density at radius 3 is 2.43 bits per heavy atom. The molecule has 0 heterocycles. The van der Waals surface area contributed by atoms with E-state index < -0.39 is 6.10 Å². The van der Waals surface area contributed by atoms with Gasteiger partial charge >= 0.3 is 0 Å². The fraction of sp³-hybridized carbons (Fsp3) is 0.316. The van der Waals surface area contributed by atoms with Crippen molar-refractivity contribution in [2.75, 3.05) is 6.54 Å². The van der Waals surface area contributed by atoms with Gasteiger partial charge in [0.2, 0.25) is 5.91 Å². The van der Waals surface area contributed by atoms with E-state index in [-0.39, 0.29) is 18.1 Å². The Labute approximate surface area is 137 Å². The Bertz CT molecular complexity index is 628. The predicted molar refractivity (Wildman–Crippen MR) is 90.0 cm³/mol. The van der Waals surface area contributed by atoms with Crippen molar-refractivity contribution in [2.45, 2.75) is 32.4 Å². The summed E-state index contributed by atoms with van der Waals surface area (Å²) in [6, 6.07) is 16.4. The Hall–Kier alpha value is -2.33. The quantitative estimate of drug-likeness (QED) is 0.826. The SMILES string of the molecule is CCC(O)CN(Cc1ccccc1)C(=O)Cc1cccc(O)c1. The Morgan fingerprint density at radius 2 is 1.78 bits per heavy atom. The van der Waals surface area contributed by atoms with Crippen LogP contribution in [0.1, 0.15) is 24.5 Å².